The van der Waals surface area contributed by atoms with Crippen LogP contribution in [-0.2, 0) is 0 Å². The molecule has 0 aliphatic carbocycles. The third kappa shape index (κ3) is 8.31. The Kier molecular flexibility index (Phi) is 13.4. The van der Waals surface area contributed by atoms with Crippen LogP contribution in [0.2, 0.25) is 0 Å². The summed E-state index contributed by atoms with van der Waals surface area (Å²) in [5.41, 5.74) is 4.75. The zero-order valence-electron chi connectivity index (χ0n) is 20.2. The standard InChI is InChI=1S/C24H42N4O4/c1-5-9-11-17(7-3)15-31-21-19(23(29)27-25)13-14-20(24(30)28-26)22(21)32-16-18(8-4)12-10-6-2/h13-14,17-18H,5-12,15-16,25-26H2,1-4H3,(H,27,29)(H,28,30). The molecule has 0 fully saturated rings. The number of hydrogen-bond acceptors (Lipinski definition) is 6. The van der Waals surface area contributed by atoms with Crippen LogP contribution in [0.1, 0.15) is 99.8 Å². The van der Waals surface area contributed by atoms with E-state index in [1.807, 2.05) is 0 Å². The van der Waals surface area contributed by atoms with E-state index in [-0.39, 0.29) is 22.6 Å². The van der Waals surface area contributed by atoms with Gasteiger partial charge in [-0.25, -0.2) is 11.7 Å². The van der Waals surface area contributed by atoms with Gasteiger partial charge in [0.25, 0.3) is 11.8 Å². The molecule has 0 bridgehead atoms. The number of nitrogens with one attached hydrogen (secondary N) is 2. The molecular formula is C24H42N4O4. The molecule has 2 atom stereocenters. The molecule has 0 heterocycles. The first-order valence-corrected chi connectivity index (χ1v) is 11.9. The predicted molar refractivity (Wildman–Crippen MR) is 127 cm³/mol. The van der Waals surface area contributed by atoms with Gasteiger partial charge in [-0.05, 0) is 36.8 Å². The SMILES string of the molecule is CCCCC(CC)COc1c(C(=O)NN)ccc(C(=O)NN)c1OCC(CC)CCCC. The molecule has 0 radical (unpaired) electrons. The summed E-state index contributed by atoms with van der Waals surface area (Å²) in [5.74, 6) is 10.9. The van der Waals surface area contributed by atoms with E-state index in [0.29, 0.717) is 25.0 Å². The van der Waals surface area contributed by atoms with Crippen LogP contribution in [0.4, 0.5) is 0 Å². The second kappa shape index (κ2) is 15.5. The molecule has 0 aliphatic heterocycles. The molecule has 182 valence electrons. The number of unbranched alkanes of at least 4 members (excludes halogenated alkanes) is 2. The molecule has 0 aliphatic rings. The van der Waals surface area contributed by atoms with Crippen molar-refractivity contribution in [2.75, 3.05) is 13.2 Å². The number of nitrogens with two attached hydrogens (primary N) is 2. The minimum Gasteiger partial charge on any atom is -0.489 e. The van der Waals surface area contributed by atoms with Crippen LogP contribution >= 0.6 is 0 Å². The highest BCUT2D eigenvalue weighted by Crippen LogP contribution is 2.37. The topological polar surface area (TPSA) is 129 Å². The first-order valence-electron chi connectivity index (χ1n) is 11.9. The zero-order valence-corrected chi connectivity index (χ0v) is 20.2. The third-order valence-electron chi connectivity index (χ3n) is 5.88. The van der Waals surface area contributed by atoms with Crippen LogP contribution in [0.25, 0.3) is 0 Å². The fraction of sp³-hybridized carbons (Fsp3) is 0.667. The van der Waals surface area contributed by atoms with E-state index >= 15 is 0 Å². The summed E-state index contributed by atoms with van der Waals surface area (Å²) < 4.78 is 12.3. The van der Waals surface area contributed by atoms with Gasteiger partial charge in [0, 0.05) is 0 Å². The van der Waals surface area contributed by atoms with Crippen LogP contribution in [0.15, 0.2) is 12.1 Å². The van der Waals surface area contributed by atoms with Crippen LogP contribution in [-0.4, -0.2) is 25.0 Å². The molecule has 8 nitrogen and oxygen atoms in total. The van der Waals surface area contributed by atoms with Crippen molar-refractivity contribution in [3.05, 3.63) is 23.3 Å². The van der Waals surface area contributed by atoms with Crippen molar-refractivity contribution < 1.29 is 19.1 Å². The number of carbonyl (C=O) groups excluding carboxylic acids is 2. The van der Waals surface area contributed by atoms with E-state index in [0.717, 1.165) is 51.4 Å². The van der Waals surface area contributed by atoms with Crippen molar-refractivity contribution in [1.82, 2.24) is 10.9 Å². The summed E-state index contributed by atoms with van der Waals surface area (Å²) in [6.07, 6.45) is 8.37. The van der Waals surface area contributed by atoms with Gasteiger partial charge in [0.05, 0.1) is 24.3 Å². The number of hydrazine groups is 2. The van der Waals surface area contributed by atoms with Gasteiger partial charge in [0.1, 0.15) is 0 Å². The second-order valence-electron chi connectivity index (χ2n) is 8.22. The molecule has 1 aromatic carbocycles. The molecule has 2 unspecified atom stereocenters. The summed E-state index contributed by atoms with van der Waals surface area (Å²) >= 11 is 0. The van der Waals surface area contributed by atoms with E-state index in [1.54, 1.807) is 0 Å². The lowest BCUT2D eigenvalue weighted by Gasteiger charge is -2.23. The number of carbonyl (C=O) groups is 2. The van der Waals surface area contributed by atoms with Gasteiger partial charge in [-0.1, -0.05) is 66.2 Å². The van der Waals surface area contributed by atoms with Crippen molar-refractivity contribution in [3.63, 3.8) is 0 Å². The maximum atomic E-state index is 12.5. The van der Waals surface area contributed by atoms with Crippen molar-refractivity contribution >= 4 is 11.8 Å². The highest BCUT2D eigenvalue weighted by atomic mass is 16.5. The minimum absolute atomic E-state index is 0.225. The first kappa shape index (κ1) is 27.7. The first-order chi connectivity index (χ1) is 15.5. The Morgan fingerprint density at radius 3 is 1.44 bits per heavy atom. The molecule has 0 spiro atoms. The molecule has 0 saturated heterocycles. The average molecular weight is 451 g/mol. The van der Waals surface area contributed by atoms with Gasteiger partial charge in [0.2, 0.25) is 0 Å². The van der Waals surface area contributed by atoms with Crippen LogP contribution in [0, 0.1) is 11.8 Å². The second-order valence-corrected chi connectivity index (χ2v) is 8.22. The van der Waals surface area contributed by atoms with Gasteiger partial charge < -0.3 is 9.47 Å². The maximum absolute atomic E-state index is 12.5. The molecule has 32 heavy (non-hydrogen) atoms. The lowest BCUT2D eigenvalue weighted by atomic mass is 10.00. The van der Waals surface area contributed by atoms with Crippen molar-refractivity contribution in [1.29, 1.82) is 0 Å². The third-order valence-corrected chi connectivity index (χ3v) is 5.88. The van der Waals surface area contributed by atoms with Crippen molar-refractivity contribution in [2.24, 2.45) is 23.5 Å². The van der Waals surface area contributed by atoms with E-state index in [2.05, 4.69) is 38.5 Å². The number of benzene rings is 1. The van der Waals surface area contributed by atoms with Gasteiger partial charge >= 0.3 is 0 Å². The lowest BCUT2D eigenvalue weighted by Crippen LogP contribution is -2.32. The monoisotopic (exact) mass is 450 g/mol. The summed E-state index contributed by atoms with van der Waals surface area (Å²) in [4.78, 5) is 24.9. The number of nitrogen functional groups attached to an aromatic ring is 2. The molecule has 8 heteroatoms. The fourth-order valence-electron chi connectivity index (χ4n) is 3.56. The summed E-state index contributed by atoms with van der Waals surface area (Å²) in [6, 6.07) is 3.02. The highest BCUT2D eigenvalue weighted by molar-refractivity contribution is 6.02. The Bertz CT molecular complexity index is 652. The van der Waals surface area contributed by atoms with Crippen LogP contribution in [0.5, 0.6) is 11.5 Å². The van der Waals surface area contributed by atoms with E-state index < -0.39 is 11.8 Å². The Morgan fingerprint density at radius 2 is 1.16 bits per heavy atom. The average Bonchev–Trinajstić information content (AvgIpc) is 2.83. The lowest BCUT2D eigenvalue weighted by molar-refractivity contribution is 0.0929. The van der Waals surface area contributed by atoms with Crippen molar-refractivity contribution in [2.45, 2.75) is 79.1 Å². The Labute approximate surface area is 192 Å². The Balaban J connectivity index is 3.34. The van der Waals surface area contributed by atoms with Gasteiger partial charge in [0.15, 0.2) is 11.5 Å². The van der Waals surface area contributed by atoms with Gasteiger partial charge in [-0.2, -0.15) is 0 Å². The molecule has 1 aromatic rings. The van der Waals surface area contributed by atoms with Gasteiger partial charge in [-0.3, -0.25) is 20.4 Å². The largest absolute Gasteiger partial charge is 0.489 e. The quantitative estimate of drug-likeness (QED) is 0.171. The number of hydrogen-bond donors (Lipinski definition) is 4. The molecule has 6 N–H and O–H groups in total. The maximum Gasteiger partial charge on any atom is 0.269 e. The molecule has 0 saturated carbocycles. The molecule has 0 aromatic heterocycles. The smallest absolute Gasteiger partial charge is 0.269 e. The summed E-state index contributed by atoms with van der Waals surface area (Å²) in [5, 5.41) is 0. The highest BCUT2D eigenvalue weighted by Gasteiger charge is 2.25. The molecular weight excluding hydrogens is 408 g/mol. The van der Waals surface area contributed by atoms with E-state index in [9.17, 15) is 9.59 Å². The predicted octanol–water partition coefficient (Wildman–Crippen LogP) is 4.08. The molecule has 1 rings (SSSR count). The molecule has 2 amide bonds. The number of amides is 2. The summed E-state index contributed by atoms with van der Waals surface area (Å²) in [7, 11) is 0. The number of ether oxygens (including phenoxy) is 2. The van der Waals surface area contributed by atoms with Gasteiger partial charge in [-0.15, -0.1) is 0 Å². The van der Waals surface area contributed by atoms with E-state index in [1.165, 1.54) is 12.1 Å². The van der Waals surface area contributed by atoms with Crippen LogP contribution in [0.3, 0.4) is 0 Å². The number of rotatable bonds is 16. The van der Waals surface area contributed by atoms with Crippen molar-refractivity contribution in [3.8, 4) is 11.5 Å². The normalized spacial score (nSPS) is 12.7. The Hall–Kier alpha value is -2.32. The Morgan fingerprint density at radius 1 is 0.781 bits per heavy atom. The van der Waals surface area contributed by atoms with Crippen LogP contribution < -0.4 is 32.0 Å². The summed E-state index contributed by atoms with van der Waals surface area (Å²) in [6.45, 7) is 9.37. The minimum atomic E-state index is -0.510. The fourth-order valence-corrected chi connectivity index (χ4v) is 3.56. The van der Waals surface area contributed by atoms with E-state index in [4.69, 9.17) is 21.2 Å². The zero-order chi connectivity index (χ0) is 23.9.